The number of fused-ring (bicyclic) bond motifs is 2. The van der Waals surface area contributed by atoms with E-state index in [-0.39, 0.29) is 28.0 Å². The van der Waals surface area contributed by atoms with Crippen molar-refractivity contribution in [2.75, 3.05) is 6.61 Å². The molecule has 160 valence electrons. The average Bonchev–Trinajstić information content (AvgIpc) is 2.68. The Hall–Kier alpha value is -3.67. The molecule has 0 bridgehead atoms. The van der Waals surface area contributed by atoms with Gasteiger partial charge in [-0.25, -0.2) is 0 Å². The molecule has 6 nitrogen and oxygen atoms in total. The number of phenolic OH excluding ortho intramolecular Hbond substituents is 2. The minimum absolute atomic E-state index is 0.0626. The van der Waals surface area contributed by atoms with E-state index in [1.165, 1.54) is 12.3 Å². The van der Waals surface area contributed by atoms with Gasteiger partial charge in [0.1, 0.15) is 40.9 Å². The first kappa shape index (κ1) is 20.6. The van der Waals surface area contributed by atoms with Gasteiger partial charge in [-0.05, 0) is 63.6 Å². The van der Waals surface area contributed by atoms with Crippen molar-refractivity contribution in [3.63, 3.8) is 0 Å². The summed E-state index contributed by atoms with van der Waals surface area (Å²) < 4.78 is 17.1. The van der Waals surface area contributed by atoms with E-state index >= 15 is 0 Å². The highest BCUT2D eigenvalue weighted by atomic mass is 16.5. The van der Waals surface area contributed by atoms with Crippen molar-refractivity contribution < 1.29 is 24.1 Å². The Bertz CT molecular complexity index is 1290. The summed E-state index contributed by atoms with van der Waals surface area (Å²) in [6.07, 6.45) is 6.77. The number of phenols is 2. The van der Waals surface area contributed by atoms with Crippen LogP contribution in [0.4, 0.5) is 0 Å². The molecule has 0 atom stereocenters. The van der Waals surface area contributed by atoms with Gasteiger partial charge >= 0.3 is 0 Å². The lowest BCUT2D eigenvalue weighted by atomic mass is 9.98. The summed E-state index contributed by atoms with van der Waals surface area (Å²) in [4.78, 5) is 13.2. The second kappa shape index (κ2) is 7.54. The maximum Gasteiger partial charge on any atom is 0.204 e. The number of aromatic hydroxyl groups is 2. The molecule has 0 saturated carbocycles. The van der Waals surface area contributed by atoms with Gasteiger partial charge < -0.3 is 24.1 Å². The zero-order valence-corrected chi connectivity index (χ0v) is 17.9. The van der Waals surface area contributed by atoms with Gasteiger partial charge in [-0.3, -0.25) is 4.79 Å². The third-order valence-electron chi connectivity index (χ3n) is 5.07. The molecule has 3 aromatic rings. The Morgan fingerprint density at radius 2 is 1.97 bits per heavy atom. The first-order valence-electron chi connectivity index (χ1n) is 9.95. The Balaban J connectivity index is 1.77. The second-order valence-corrected chi connectivity index (χ2v) is 8.30. The summed E-state index contributed by atoms with van der Waals surface area (Å²) in [6.45, 7) is 8.04. The van der Waals surface area contributed by atoms with E-state index in [0.717, 1.165) is 5.57 Å². The fourth-order valence-corrected chi connectivity index (χ4v) is 3.41. The highest BCUT2D eigenvalue weighted by Gasteiger charge is 2.26. The number of benzene rings is 2. The van der Waals surface area contributed by atoms with Crippen molar-refractivity contribution >= 4 is 17.0 Å². The van der Waals surface area contributed by atoms with E-state index in [1.54, 1.807) is 24.3 Å². The molecule has 0 radical (unpaired) electrons. The molecular weight excluding hydrogens is 396 g/mol. The molecule has 0 amide bonds. The van der Waals surface area contributed by atoms with E-state index in [4.69, 9.17) is 13.9 Å². The highest BCUT2D eigenvalue weighted by Crippen LogP contribution is 2.41. The fourth-order valence-electron chi connectivity index (χ4n) is 3.41. The van der Waals surface area contributed by atoms with Gasteiger partial charge in [0.15, 0.2) is 11.5 Å². The van der Waals surface area contributed by atoms with E-state index in [1.807, 2.05) is 39.8 Å². The van der Waals surface area contributed by atoms with E-state index < -0.39 is 11.0 Å². The molecule has 2 heterocycles. The molecule has 6 heteroatoms. The van der Waals surface area contributed by atoms with Crippen LogP contribution >= 0.6 is 0 Å². The lowest BCUT2D eigenvalue weighted by molar-refractivity contribution is 0.158. The Morgan fingerprint density at radius 1 is 1.19 bits per heavy atom. The zero-order valence-electron chi connectivity index (χ0n) is 17.9. The van der Waals surface area contributed by atoms with Crippen LogP contribution in [0.5, 0.6) is 23.0 Å². The number of rotatable bonds is 4. The normalized spacial score (nSPS) is 14.1. The third-order valence-corrected chi connectivity index (χ3v) is 5.07. The molecule has 1 aromatic heterocycles. The monoisotopic (exact) mass is 420 g/mol. The van der Waals surface area contributed by atoms with Crippen molar-refractivity contribution in [1.29, 1.82) is 0 Å². The molecule has 1 aliphatic rings. The summed E-state index contributed by atoms with van der Waals surface area (Å²) in [7, 11) is 0. The van der Waals surface area contributed by atoms with Gasteiger partial charge in [0.25, 0.3) is 0 Å². The van der Waals surface area contributed by atoms with Gasteiger partial charge in [0, 0.05) is 6.07 Å². The van der Waals surface area contributed by atoms with Crippen LogP contribution in [0.3, 0.4) is 0 Å². The van der Waals surface area contributed by atoms with Crippen LogP contribution in [0.1, 0.15) is 33.3 Å². The molecule has 0 saturated heterocycles. The smallest absolute Gasteiger partial charge is 0.204 e. The van der Waals surface area contributed by atoms with E-state index in [9.17, 15) is 15.0 Å². The van der Waals surface area contributed by atoms with Crippen LogP contribution in [0.15, 0.2) is 57.5 Å². The van der Waals surface area contributed by atoms with Crippen molar-refractivity contribution in [3.8, 4) is 34.1 Å². The van der Waals surface area contributed by atoms with Crippen LogP contribution in [-0.4, -0.2) is 22.4 Å². The first-order chi connectivity index (χ1) is 14.7. The molecule has 0 spiro atoms. The number of hydrogen-bond donors (Lipinski definition) is 2. The average molecular weight is 420 g/mol. The van der Waals surface area contributed by atoms with Crippen LogP contribution in [0, 0.1) is 0 Å². The Labute approximate surface area is 179 Å². The molecule has 31 heavy (non-hydrogen) atoms. The van der Waals surface area contributed by atoms with Gasteiger partial charge in [-0.15, -0.1) is 0 Å². The summed E-state index contributed by atoms with van der Waals surface area (Å²) in [5, 5.41) is 21.2. The molecule has 2 N–H and O–H groups in total. The predicted octanol–water partition coefficient (Wildman–Crippen LogP) is 5.40. The lowest BCUT2D eigenvalue weighted by Gasteiger charge is -2.28. The van der Waals surface area contributed by atoms with Gasteiger partial charge in [0.2, 0.25) is 5.43 Å². The van der Waals surface area contributed by atoms with Crippen LogP contribution in [0.25, 0.3) is 28.2 Å². The third kappa shape index (κ3) is 3.89. The molecule has 0 aliphatic carbocycles. The van der Waals surface area contributed by atoms with Crippen molar-refractivity contribution in [3.05, 3.63) is 64.0 Å². The molecular formula is C25H24O6. The van der Waals surface area contributed by atoms with Crippen LogP contribution < -0.4 is 14.9 Å². The van der Waals surface area contributed by atoms with E-state index in [2.05, 4.69) is 0 Å². The summed E-state index contributed by atoms with van der Waals surface area (Å²) >= 11 is 0. The first-order valence-corrected chi connectivity index (χ1v) is 9.95. The topological polar surface area (TPSA) is 89.1 Å². The number of allylic oxidation sites excluding steroid dienone is 1. The Morgan fingerprint density at radius 3 is 2.68 bits per heavy atom. The zero-order chi connectivity index (χ0) is 22.3. The lowest BCUT2D eigenvalue weighted by Crippen LogP contribution is -2.27. The quantitative estimate of drug-likeness (QED) is 0.549. The Kier molecular flexibility index (Phi) is 5.01. The number of ether oxygens (including phenoxy) is 2. The van der Waals surface area contributed by atoms with E-state index in [0.29, 0.717) is 29.2 Å². The van der Waals surface area contributed by atoms with Crippen LogP contribution in [0.2, 0.25) is 0 Å². The predicted molar refractivity (Wildman–Crippen MR) is 120 cm³/mol. The van der Waals surface area contributed by atoms with Gasteiger partial charge in [-0.1, -0.05) is 11.6 Å². The van der Waals surface area contributed by atoms with Crippen LogP contribution in [-0.2, 0) is 0 Å². The number of hydrogen-bond acceptors (Lipinski definition) is 6. The highest BCUT2D eigenvalue weighted by molar-refractivity contribution is 5.93. The van der Waals surface area contributed by atoms with Crippen molar-refractivity contribution in [1.82, 2.24) is 0 Å². The standard InChI is InChI=1S/C25H24O6/c1-14(2)8-10-29-19-6-5-15(11-18(19)26)17-13-30-21-12-20-16(7-9-25(3,4)31-20)23(27)22(21)24(17)28/h5-9,11-13,26-27H,10H2,1-4H3. The summed E-state index contributed by atoms with van der Waals surface area (Å²) in [5.74, 6) is 0.477. The molecule has 4 rings (SSSR count). The summed E-state index contributed by atoms with van der Waals surface area (Å²) in [5.41, 5.74) is 1.50. The molecule has 0 fully saturated rings. The fraction of sp³-hybridized carbons (Fsp3) is 0.240. The largest absolute Gasteiger partial charge is 0.506 e. The second-order valence-electron chi connectivity index (χ2n) is 8.30. The van der Waals surface area contributed by atoms with Gasteiger partial charge in [0.05, 0.1) is 11.1 Å². The van der Waals surface area contributed by atoms with Crippen molar-refractivity contribution in [2.45, 2.75) is 33.3 Å². The van der Waals surface area contributed by atoms with Crippen molar-refractivity contribution in [2.24, 2.45) is 0 Å². The summed E-state index contributed by atoms with van der Waals surface area (Å²) in [6, 6.07) is 6.31. The minimum atomic E-state index is -0.527. The minimum Gasteiger partial charge on any atom is -0.506 e. The maximum atomic E-state index is 13.2. The molecule has 1 aliphatic heterocycles. The molecule has 0 unspecified atom stereocenters. The molecule has 2 aromatic carbocycles. The SMILES string of the molecule is CC(C)=CCOc1ccc(-c2coc3cc4c(c(O)c3c2=O)C=CC(C)(C)O4)cc1O. The van der Waals surface area contributed by atoms with Gasteiger partial charge in [-0.2, -0.15) is 0 Å². The maximum absolute atomic E-state index is 13.2.